The molecule has 3 unspecified atom stereocenters. The number of quaternary nitrogens is 1. The van der Waals surface area contributed by atoms with Gasteiger partial charge in [-0.3, -0.25) is 9.36 Å². The zero-order valence-electron chi connectivity index (χ0n) is 45.6. The van der Waals surface area contributed by atoms with E-state index in [-0.39, 0.29) is 12.5 Å². The van der Waals surface area contributed by atoms with Crippen LogP contribution in [0.2, 0.25) is 0 Å². The van der Waals surface area contributed by atoms with Gasteiger partial charge in [0.2, 0.25) is 5.91 Å². The molecule has 400 valence electrons. The summed E-state index contributed by atoms with van der Waals surface area (Å²) >= 11 is 0. The van der Waals surface area contributed by atoms with Crippen LogP contribution in [0.1, 0.15) is 271 Å². The van der Waals surface area contributed by atoms with E-state index in [0.717, 1.165) is 44.9 Å². The van der Waals surface area contributed by atoms with Gasteiger partial charge in [-0.15, -0.1) is 0 Å². The van der Waals surface area contributed by atoms with Gasteiger partial charge in [0.05, 0.1) is 39.9 Å². The van der Waals surface area contributed by atoms with Gasteiger partial charge in [-0.25, -0.2) is 0 Å². The summed E-state index contributed by atoms with van der Waals surface area (Å²) in [6.07, 6.45) is 66.9. The highest BCUT2D eigenvalue weighted by Gasteiger charge is 2.23. The molecule has 0 heterocycles. The molecule has 0 saturated heterocycles. The van der Waals surface area contributed by atoms with Crippen LogP contribution in [0.5, 0.6) is 0 Å². The standard InChI is InChI=1S/C59H113N2O6P/c1-6-8-10-12-14-16-17-18-19-20-21-22-23-24-25-26-27-28-29-30-31-32-33-34-35-36-37-38-39-40-41-42-43-45-47-49-51-53-59(63)60-57(56-67-68(64,65)66-55-54-61(3,4)5)58(62)52-50-48-46-44-15-13-11-9-7-2/h7,9,15,28-29,44,50,52,57-58,62H,6,8,10-14,16-27,30-43,45-49,51,53-56H2,1-5H3,(H-,60,63,64,65)/b9-7+,29-28-,44-15+,52-50+. The van der Waals surface area contributed by atoms with Crippen LogP contribution in [0.4, 0.5) is 0 Å². The summed E-state index contributed by atoms with van der Waals surface area (Å²) in [6.45, 7) is 4.40. The molecule has 9 heteroatoms. The molecule has 0 fully saturated rings. The zero-order chi connectivity index (χ0) is 49.9. The fourth-order valence-corrected chi connectivity index (χ4v) is 9.27. The summed E-state index contributed by atoms with van der Waals surface area (Å²) in [7, 11) is 1.24. The molecule has 3 atom stereocenters. The number of nitrogens with zero attached hydrogens (tertiary/aromatic N) is 1. The van der Waals surface area contributed by atoms with E-state index in [1.54, 1.807) is 6.08 Å². The monoisotopic (exact) mass is 977 g/mol. The highest BCUT2D eigenvalue weighted by molar-refractivity contribution is 7.45. The number of carbonyl (C=O) groups excluding carboxylic acids is 1. The smallest absolute Gasteiger partial charge is 0.268 e. The Kier molecular flexibility index (Phi) is 49.3. The van der Waals surface area contributed by atoms with E-state index < -0.39 is 26.6 Å². The van der Waals surface area contributed by atoms with E-state index in [1.165, 1.54) is 205 Å². The number of hydrogen-bond acceptors (Lipinski definition) is 6. The summed E-state index contributed by atoms with van der Waals surface area (Å²) in [5, 5.41) is 13.7. The van der Waals surface area contributed by atoms with Gasteiger partial charge >= 0.3 is 0 Å². The average molecular weight is 978 g/mol. The molecule has 0 aromatic heterocycles. The van der Waals surface area contributed by atoms with Gasteiger partial charge in [0.25, 0.3) is 7.82 Å². The average Bonchev–Trinajstić information content (AvgIpc) is 3.30. The number of unbranched alkanes of at least 4 members (excludes halogenated alkanes) is 35. The number of hydrogen-bond donors (Lipinski definition) is 2. The zero-order valence-corrected chi connectivity index (χ0v) is 46.5. The Morgan fingerprint density at radius 2 is 0.882 bits per heavy atom. The van der Waals surface area contributed by atoms with Crippen molar-refractivity contribution in [3.63, 3.8) is 0 Å². The lowest BCUT2D eigenvalue weighted by Gasteiger charge is -2.29. The maximum absolute atomic E-state index is 12.9. The van der Waals surface area contributed by atoms with Crippen molar-refractivity contribution in [1.29, 1.82) is 0 Å². The summed E-state index contributed by atoms with van der Waals surface area (Å²) in [5.41, 5.74) is 0. The van der Waals surface area contributed by atoms with Gasteiger partial charge in [-0.2, -0.15) is 0 Å². The molecule has 0 spiro atoms. The molecule has 0 aliphatic heterocycles. The Morgan fingerprint density at radius 1 is 0.529 bits per heavy atom. The molecule has 0 radical (unpaired) electrons. The van der Waals surface area contributed by atoms with Crippen molar-refractivity contribution in [3.05, 3.63) is 48.6 Å². The van der Waals surface area contributed by atoms with Crippen LogP contribution in [0, 0.1) is 0 Å². The number of carbonyl (C=O) groups is 1. The lowest BCUT2D eigenvalue weighted by molar-refractivity contribution is -0.870. The molecule has 68 heavy (non-hydrogen) atoms. The van der Waals surface area contributed by atoms with Crippen LogP contribution >= 0.6 is 7.82 Å². The number of aliphatic hydroxyl groups is 1. The van der Waals surface area contributed by atoms with E-state index in [0.29, 0.717) is 17.4 Å². The highest BCUT2D eigenvalue weighted by Crippen LogP contribution is 2.38. The van der Waals surface area contributed by atoms with Gasteiger partial charge in [0.15, 0.2) is 0 Å². The van der Waals surface area contributed by atoms with Crippen LogP contribution in [0.3, 0.4) is 0 Å². The predicted octanol–water partition coefficient (Wildman–Crippen LogP) is 16.9. The summed E-state index contributed by atoms with van der Waals surface area (Å²) in [4.78, 5) is 25.3. The molecule has 0 aromatic carbocycles. The van der Waals surface area contributed by atoms with Crippen molar-refractivity contribution in [3.8, 4) is 0 Å². The van der Waals surface area contributed by atoms with Crippen molar-refractivity contribution in [2.45, 2.75) is 283 Å². The second-order valence-corrected chi connectivity index (χ2v) is 22.4. The summed E-state index contributed by atoms with van der Waals surface area (Å²) < 4.78 is 23.2. The number of phosphoric acid groups is 1. The SMILES string of the molecule is C/C=C/CC/C=C/CC/C=C/C(O)C(COP(=O)([O-])OCC[N+](C)(C)C)NC(=O)CCCCCCCCCCCCCCCCCCC/C=C\CCCCCCCCCCCCCCCCCC. The first kappa shape index (κ1) is 66.5. The van der Waals surface area contributed by atoms with E-state index in [1.807, 2.05) is 40.2 Å². The second kappa shape index (κ2) is 50.4. The number of allylic oxidation sites excluding steroid dienone is 7. The van der Waals surface area contributed by atoms with Gasteiger partial charge in [0.1, 0.15) is 13.2 Å². The lowest BCUT2D eigenvalue weighted by atomic mass is 10.0. The lowest BCUT2D eigenvalue weighted by Crippen LogP contribution is -2.45. The van der Waals surface area contributed by atoms with Crippen molar-refractivity contribution in [2.24, 2.45) is 0 Å². The Bertz CT molecular complexity index is 1250. The normalized spacial score (nSPS) is 14.3. The topological polar surface area (TPSA) is 108 Å². The first-order valence-electron chi connectivity index (χ1n) is 29.0. The first-order valence-corrected chi connectivity index (χ1v) is 30.4. The first-order chi connectivity index (χ1) is 33.0. The molecular formula is C59H113N2O6P. The number of likely N-dealkylation sites (N-methyl/N-ethyl adjacent to an activating group) is 1. The van der Waals surface area contributed by atoms with E-state index in [2.05, 4.69) is 42.6 Å². The van der Waals surface area contributed by atoms with Crippen LogP contribution < -0.4 is 10.2 Å². The quantitative estimate of drug-likeness (QED) is 0.0272. The molecule has 1 amide bonds. The van der Waals surface area contributed by atoms with Crippen molar-refractivity contribution in [1.82, 2.24) is 5.32 Å². The second-order valence-electron chi connectivity index (χ2n) is 21.0. The maximum atomic E-state index is 12.9. The third-order valence-electron chi connectivity index (χ3n) is 13.1. The molecule has 0 aromatic rings. The summed E-state index contributed by atoms with van der Waals surface area (Å²) in [5.74, 6) is -0.212. The molecule has 0 bridgehead atoms. The minimum absolute atomic E-state index is 0.00939. The van der Waals surface area contributed by atoms with Gasteiger partial charge in [-0.1, -0.05) is 248 Å². The molecule has 0 aliphatic carbocycles. The number of nitrogens with one attached hydrogen (secondary N) is 1. The number of aliphatic hydroxyl groups excluding tert-OH is 1. The predicted molar refractivity (Wildman–Crippen MR) is 293 cm³/mol. The van der Waals surface area contributed by atoms with Gasteiger partial charge < -0.3 is 28.8 Å². The highest BCUT2D eigenvalue weighted by atomic mass is 31.2. The van der Waals surface area contributed by atoms with Crippen LogP contribution in [-0.2, 0) is 18.4 Å². The molecular weight excluding hydrogens is 864 g/mol. The largest absolute Gasteiger partial charge is 0.756 e. The van der Waals surface area contributed by atoms with Crippen molar-refractivity contribution < 1.29 is 32.9 Å². The number of amides is 1. The van der Waals surface area contributed by atoms with E-state index in [9.17, 15) is 19.4 Å². The van der Waals surface area contributed by atoms with Crippen molar-refractivity contribution in [2.75, 3.05) is 40.9 Å². The Balaban J connectivity index is 3.84. The number of rotatable bonds is 53. The Morgan fingerprint density at radius 3 is 1.28 bits per heavy atom. The Hall–Kier alpha value is -1.54. The summed E-state index contributed by atoms with van der Waals surface area (Å²) in [6, 6.07) is -0.907. The third-order valence-corrected chi connectivity index (χ3v) is 14.0. The number of phosphoric ester groups is 1. The maximum Gasteiger partial charge on any atom is 0.268 e. The minimum Gasteiger partial charge on any atom is -0.756 e. The third kappa shape index (κ3) is 52.3. The minimum atomic E-state index is -4.60. The fraction of sp³-hybridized carbons (Fsp3) is 0.847. The Labute approximate surface area is 422 Å². The van der Waals surface area contributed by atoms with Gasteiger partial charge in [0, 0.05) is 6.42 Å². The molecule has 2 N–H and O–H groups in total. The molecule has 0 aliphatic rings. The fourth-order valence-electron chi connectivity index (χ4n) is 8.54. The van der Waals surface area contributed by atoms with Crippen LogP contribution in [-0.4, -0.2) is 68.5 Å². The van der Waals surface area contributed by atoms with Crippen molar-refractivity contribution >= 4 is 13.7 Å². The van der Waals surface area contributed by atoms with E-state index >= 15 is 0 Å². The molecule has 0 rings (SSSR count). The van der Waals surface area contributed by atoms with Gasteiger partial charge in [-0.05, 0) is 64.7 Å². The van der Waals surface area contributed by atoms with E-state index in [4.69, 9.17) is 9.05 Å². The molecule has 8 nitrogen and oxygen atoms in total. The van der Waals surface area contributed by atoms with Crippen LogP contribution in [0.25, 0.3) is 0 Å². The van der Waals surface area contributed by atoms with Crippen LogP contribution in [0.15, 0.2) is 48.6 Å². The molecule has 0 saturated carbocycles.